The molecule has 3 aromatic rings. The number of benzene rings is 3. The van der Waals surface area contributed by atoms with Crippen molar-refractivity contribution < 1.29 is 14.4 Å². The molecule has 0 unspecified atom stereocenters. The van der Waals surface area contributed by atoms with E-state index in [4.69, 9.17) is 0 Å². The number of hydrogen-bond donors (Lipinski definition) is 2. The number of ketones is 1. The second kappa shape index (κ2) is 11.6. The lowest BCUT2D eigenvalue weighted by Crippen LogP contribution is -2.50. The van der Waals surface area contributed by atoms with E-state index in [9.17, 15) is 14.4 Å². The molecule has 164 valence electrons. The minimum Gasteiger partial charge on any atom is -0.347 e. The molecule has 3 aromatic carbocycles. The zero-order chi connectivity index (χ0) is 22.8. The molecular formula is C27H28N2O3. The van der Waals surface area contributed by atoms with Crippen molar-refractivity contribution in [1.29, 1.82) is 0 Å². The molecule has 0 aliphatic carbocycles. The van der Waals surface area contributed by atoms with Crippen LogP contribution < -0.4 is 10.6 Å². The highest BCUT2D eigenvalue weighted by atomic mass is 16.2. The van der Waals surface area contributed by atoms with Crippen LogP contribution in [-0.4, -0.2) is 30.2 Å². The van der Waals surface area contributed by atoms with E-state index in [0.29, 0.717) is 12.8 Å². The Kier molecular flexibility index (Phi) is 8.32. The molecule has 0 bridgehead atoms. The third-order valence-electron chi connectivity index (χ3n) is 5.30. The first-order valence-corrected chi connectivity index (χ1v) is 10.8. The summed E-state index contributed by atoms with van der Waals surface area (Å²) in [6.45, 7) is 1.71. The van der Waals surface area contributed by atoms with Crippen LogP contribution in [0.4, 0.5) is 0 Å². The minimum atomic E-state index is -0.801. The molecular weight excluding hydrogens is 400 g/mol. The summed E-state index contributed by atoms with van der Waals surface area (Å²) in [5, 5.41) is 5.62. The van der Waals surface area contributed by atoms with Crippen LogP contribution in [0.2, 0.25) is 0 Å². The standard InChI is InChI=1S/C27H28N2O3/c1-2-23(30)19-28-26(31)24(18-20-12-6-3-7-13-20)29-27(32)25(21-14-8-4-9-15-21)22-16-10-5-11-17-22/h3-17,24-25H,2,18-19H2,1H3,(H,28,31)(H,29,32)/t24-/m0/s1. The molecule has 0 aliphatic heterocycles. The maximum Gasteiger partial charge on any atom is 0.243 e. The second-order valence-corrected chi connectivity index (χ2v) is 7.62. The Bertz CT molecular complexity index is 981. The van der Waals surface area contributed by atoms with E-state index in [-0.39, 0.29) is 24.1 Å². The first-order chi connectivity index (χ1) is 15.6. The van der Waals surface area contributed by atoms with E-state index in [0.717, 1.165) is 16.7 Å². The lowest BCUT2D eigenvalue weighted by molar-refractivity contribution is -0.130. The third-order valence-corrected chi connectivity index (χ3v) is 5.30. The van der Waals surface area contributed by atoms with Gasteiger partial charge in [0.2, 0.25) is 11.8 Å². The summed E-state index contributed by atoms with van der Waals surface area (Å²) in [5.41, 5.74) is 2.61. The van der Waals surface area contributed by atoms with E-state index < -0.39 is 12.0 Å². The molecule has 2 amide bonds. The van der Waals surface area contributed by atoms with Crippen LogP contribution in [0.5, 0.6) is 0 Å². The summed E-state index contributed by atoms with van der Waals surface area (Å²) < 4.78 is 0. The molecule has 0 aliphatic rings. The van der Waals surface area contributed by atoms with Crippen molar-refractivity contribution in [2.45, 2.75) is 31.7 Å². The molecule has 0 aromatic heterocycles. The maximum atomic E-state index is 13.5. The summed E-state index contributed by atoms with van der Waals surface area (Å²) >= 11 is 0. The van der Waals surface area contributed by atoms with Gasteiger partial charge in [0.05, 0.1) is 12.5 Å². The topological polar surface area (TPSA) is 75.3 Å². The number of nitrogens with one attached hydrogen (secondary N) is 2. The van der Waals surface area contributed by atoms with Crippen molar-refractivity contribution >= 4 is 17.6 Å². The molecule has 1 atom stereocenters. The van der Waals surface area contributed by atoms with Crippen LogP contribution in [0.1, 0.15) is 36.0 Å². The van der Waals surface area contributed by atoms with Crippen molar-refractivity contribution in [3.8, 4) is 0 Å². The molecule has 0 saturated carbocycles. The van der Waals surface area contributed by atoms with Crippen molar-refractivity contribution in [2.75, 3.05) is 6.54 Å². The van der Waals surface area contributed by atoms with Crippen molar-refractivity contribution in [1.82, 2.24) is 10.6 Å². The van der Waals surface area contributed by atoms with E-state index >= 15 is 0 Å². The molecule has 5 nitrogen and oxygen atoms in total. The Balaban J connectivity index is 1.85. The minimum absolute atomic E-state index is 0.0444. The molecule has 0 spiro atoms. The molecule has 3 rings (SSSR count). The number of amides is 2. The molecule has 0 saturated heterocycles. The quantitative estimate of drug-likeness (QED) is 0.518. The molecule has 32 heavy (non-hydrogen) atoms. The van der Waals surface area contributed by atoms with Gasteiger partial charge in [-0.3, -0.25) is 14.4 Å². The number of hydrogen-bond acceptors (Lipinski definition) is 3. The predicted octanol–water partition coefficient (Wildman–Crippen LogP) is 3.64. The highest BCUT2D eigenvalue weighted by Gasteiger charge is 2.28. The lowest BCUT2D eigenvalue weighted by Gasteiger charge is -2.23. The average Bonchev–Trinajstić information content (AvgIpc) is 2.84. The Labute approximate surface area is 188 Å². The fourth-order valence-corrected chi connectivity index (χ4v) is 3.53. The van der Waals surface area contributed by atoms with Crippen LogP contribution in [0, 0.1) is 0 Å². The van der Waals surface area contributed by atoms with Gasteiger partial charge >= 0.3 is 0 Å². The molecule has 5 heteroatoms. The molecule has 2 N–H and O–H groups in total. The van der Waals surface area contributed by atoms with Gasteiger partial charge in [-0.15, -0.1) is 0 Å². The summed E-state index contributed by atoms with van der Waals surface area (Å²) in [5.74, 6) is -1.25. The number of Topliss-reactive ketones (excluding diaryl/α,β-unsaturated/α-hetero) is 1. The van der Waals surface area contributed by atoms with Gasteiger partial charge < -0.3 is 10.6 Å². The first kappa shape index (κ1) is 22.9. The zero-order valence-electron chi connectivity index (χ0n) is 18.2. The molecule has 0 heterocycles. The smallest absolute Gasteiger partial charge is 0.243 e. The van der Waals surface area contributed by atoms with Crippen LogP contribution >= 0.6 is 0 Å². The predicted molar refractivity (Wildman–Crippen MR) is 125 cm³/mol. The first-order valence-electron chi connectivity index (χ1n) is 10.8. The van der Waals surface area contributed by atoms with Gasteiger partial charge in [-0.1, -0.05) is 97.9 Å². The van der Waals surface area contributed by atoms with Crippen molar-refractivity contribution in [3.63, 3.8) is 0 Å². The highest BCUT2D eigenvalue weighted by molar-refractivity contribution is 5.94. The number of rotatable bonds is 10. The molecule has 0 fully saturated rings. The van der Waals surface area contributed by atoms with Gasteiger partial charge in [0.1, 0.15) is 6.04 Å². The van der Waals surface area contributed by atoms with Gasteiger partial charge in [-0.2, -0.15) is 0 Å². The van der Waals surface area contributed by atoms with E-state index in [1.165, 1.54) is 0 Å². The monoisotopic (exact) mass is 428 g/mol. The van der Waals surface area contributed by atoms with E-state index in [1.807, 2.05) is 91.0 Å². The summed E-state index contributed by atoms with van der Waals surface area (Å²) in [4.78, 5) is 38.1. The van der Waals surface area contributed by atoms with E-state index in [1.54, 1.807) is 6.92 Å². The summed E-state index contributed by atoms with van der Waals surface area (Å²) in [7, 11) is 0. The zero-order valence-corrected chi connectivity index (χ0v) is 18.2. The Morgan fingerprint density at radius 3 is 1.72 bits per heavy atom. The van der Waals surface area contributed by atoms with Crippen LogP contribution in [-0.2, 0) is 20.8 Å². The van der Waals surface area contributed by atoms with Gasteiger partial charge in [0.15, 0.2) is 5.78 Å². The van der Waals surface area contributed by atoms with Crippen molar-refractivity contribution in [2.24, 2.45) is 0 Å². The summed E-state index contributed by atoms with van der Waals surface area (Å²) in [6.07, 6.45) is 0.676. The number of carbonyl (C=O) groups is 3. The lowest BCUT2D eigenvalue weighted by atomic mass is 9.90. The fraction of sp³-hybridized carbons (Fsp3) is 0.222. The molecule has 0 radical (unpaired) electrons. The second-order valence-electron chi connectivity index (χ2n) is 7.62. The average molecular weight is 429 g/mol. The Hall–Kier alpha value is -3.73. The third kappa shape index (κ3) is 6.38. The van der Waals surface area contributed by atoms with Gasteiger partial charge in [-0.25, -0.2) is 0 Å². The van der Waals surface area contributed by atoms with Crippen molar-refractivity contribution in [3.05, 3.63) is 108 Å². The SMILES string of the molecule is CCC(=O)CNC(=O)[C@H](Cc1ccccc1)NC(=O)C(c1ccccc1)c1ccccc1. The van der Waals surface area contributed by atoms with Crippen LogP contribution in [0.15, 0.2) is 91.0 Å². The fourth-order valence-electron chi connectivity index (χ4n) is 3.53. The van der Waals surface area contributed by atoms with Gasteiger partial charge in [0, 0.05) is 12.8 Å². The van der Waals surface area contributed by atoms with E-state index in [2.05, 4.69) is 10.6 Å². The van der Waals surface area contributed by atoms with Crippen LogP contribution in [0.25, 0.3) is 0 Å². The maximum absolute atomic E-state index is 13.5. The Morgan fingerprint density at radius 2 is 1.22 bits per heavy atom. The van der Waals surface area contributed by atoms with Gasteiger partial charge in [-0.05, 0) is 16.7 Å². The largest absolute Gasteiger partial charge is 0.347 e. The summed E-state index contributed by atoms with van der Waals surface area (Å²) in [6, 6.07) is 27.7. The van der Waals surface area contributed by atoms with Crippen LogP contribution in [0.3, 0.4) is 0 Å². The number of carbonyl (C=O) groups excluding carboxylic acids is 3. The van der Waals surface area contributed by atoms with Gasteiger partial charge in [0.25, 0.3) is 0 Å². The Morgan fingerprint density at radius 1 is 0.719 bits per heavy atom. The normalized spacial score (nSPS) is 11.6. The highest BCUT2D eigenvalue weighted by Crippen LogP contribution is 2.25.